The summed E-state index contributed by atoms with van der Waals surface area (Å²) in [5.41, 5.74) is 1.37. The minimum Gasteiger partial charge on any atom is -0.309 e. The summed E-state index contributed by atoms with van der Waals surface area (Å²) in [5.74, 6) is 0.501. The van der Waals surface area contributed by atoms with Gasteiger partial charge >= 0.3 is 0 Å². The third kappa shape index (κ3) is 13.5. The first-order chi connectivity index (χ1) is 18.9. The molecule has 0 aromatic heterocycles. The van der Waals surface area contributed by atoms with Crippen molar-refractivity contribution in [3.05, 3.63) is 12.2 Å². The number of ketones is 1. The Kier molecular flexibility index (Phi) is 16.8. The Bertz CT molecular complexity index is 782. The van der Waals surface area contributed by atoms with Gasteiger partial charge in [0.05, 0.1) is 0 Å². The quantitative estimate of drug-likeness (QED) is 0.124. The van der Waals surface area contributed by atoms with E-state index in [2.05, 4.69) is 133 Å². The highest BCUT2D eigenvalue weighted by Gasteiger charge is 2.52. The van der Waals surface area contributed by atoms with E-state index >= 15 is 0 Å². The largest absolute Gasteiger partial charge is 0.309 e. The number of Topliss-reactive ketones (excluding diaryl/α,β-unsaturated/α-hetero) is 1. The first-order valence-electron chi connectivity index (χ1n) is 17.1. The van der Waals surface area contributed by atoms with E-state index in [4.69, 9.17) is 0 Å². The van der Waals surface area contributed by atoms with E-state index < -0.39 is 0 Å². The molecular weight excluding hydrogens is 514 g/mol. The molecule has 0 bridgehead atoms. The topological polar surface area (TPSA) is 26.8 Å². The molecule has 4 nitrogen and oxygen atoms in total. The molecule has 250 valence electrons. The lowest BCUT2D eigenvalue weighted by atomic mass is 9.49. The molecule has 2 unspecified atom stereocenters. The number of allylic oxidation sites excluding steroid dienone is 1. The van der Waals surface area contributed by atoms with Gasteiger partial charge in [0, 0.05) is 12.3 Å². The maximum absolute atomic E-state index is 14.3. The van der Waals surface area contributed by atoms with Crippen molar-refractivity contribution in [3.8, 4) is 0 Å². The number of carbonyl (C=O) groups excluding carboxylic acids is 1. The van der Waals surface area contributed by atoms with Crippen LogP contribution in [0.4, 0.5) is 0 Å². The van der Waals surface area contributed by atoms with Gasteiger partial charge in [0.2, 0.25) is 0 Å². The average molecular weight is 592 g/mol. The van der Waals surface area contributed by atoms with Gasteiger partial charge in [-0.2, -0.15) is 0 Å². The van der Waals surface area contributed by atoms with Crippen LogP contribution in [0.15, 0.2) is 12.2 Å². The van der Waals surface area contributed by atoms with Crippen LogP contribution in [0.25, 0.3) is 0 Å². The summed E-state index contributed by atoms with van der Waals surface area (Å²) in [6.07, 6.45) is 8.13. The van der Waals surface area contributed by atoms with Gasteiger partial charge in [0.15, 0.2) is 0 Å². The van der Waals surface area contributed by atoms with Gasteiger partial charge in [-0.25, -0.2) is 0 Å². The summed E-state index contributed by atoms with van der Waals surface area (Å²) in [7, 11) is 8.60. The molecule has 2 atom stereocenters. The number of nitrogens with zero attached hydrogens (tertiary/aromatic N) is 3. The molecule has 0 aliphatic carbocycles. The maximum Gasteiger partial charge on any atom is 0.136 e. The minimum atomic E-state index is -0.145. The molecule has 0 spiro atoms. The number of rotatable bonds is 21. The normalized spacial score (nSPS) is 15.9. The highest BCUT2D eigenvalue weighted by Crippen LogP contribution is 2.59. The molecule has 0 aromatic carbocycles. The van der Waals surface area contributed by atoms with Crippen LogP contribution >= 0.6 is 0 Å². The Morgan fingerprint density at radius 3 is 1.52 bits per heavy atom. The Balaban J connectivity index is 5.95. The Labute approximate surface area is 265 Å². The zero-order valence-electron chi connectivity index (χ0n) is 31.7. The van der Waals surface area contributed by atoms with Gasteiger partial charge in [-0.15, -0.1) is 0 Å². The van der Waals surface area contributed by atoms with Crippen molar-refractivity contribution in [3.63, 3.8) is 0 Å². The second kappa shape index (κ2) is 17.1. The van der Waals surface area contributed by atoms with Gasteiger partial charge in [-0.1, -0.05) is 102 Å². The van der Waals surface area contributed by atoms with Crippen LogP contribution in [-0.4, -0.2) is 81.4 Å². The van der Waals surface area contributed by atoms with Crippen LogP contribution in [0.1, 0.15) is 134 Å². The number of carbonyl (C=O) groups is 1. The van der Waals surface area contributed by atoms with Crippen molar-refractivity contribution >= 4 is 5.78 Å². The highest BCUT2D eigenvalue weighted by molar-refractivity contribution is 5.82. The summed E-state index contributed by atoms with van der Waals surface area (Å²) in [6.45, 7) is 38.4. The predicted molar refractivity (Wildman–Crippen MR) is 188 cm³/mol. The smallest absolute Gasteiger partial charge is 0.136 e. The molecule has 4 heteroatoms. The number of hydrogen-bond acceptors (Lipinski definition) is 4. The molecule has 0 aromatic rings. The van der Waals surface area contributed by atoms with Crippen molar-refractivity contribution < 1.29 is 4.79 Å². The second-order valence-corrected chi connectivity index (χ2v) is 17.8. The van der Waals surface area contributed by atoms with E-state index in [9.17, 15) is 4.79 Å². The third-order valence-corrected chi connectivity index (χ3v) is 10.7. The lowest BCUT2D eigenvalue weighted by molar-refractivity contribution is -0.134. The van der Waals surface area contributed by atoms with Gasteiger partial charge in [0.1, 0.15) is 5.78 Å². The van der Waals surface area contributed by atoms with Gasteiger partial charge in [-0.3, -0.25) is 4.79 Å². The summed E-state index contributed by atoms with van der Waals surface area (Å²) in [5, 5.41) is 0. The zero-order valence-corrected chi connectivity index (χ0v) is 31.7. The first-order valence-corrected chi connectivity index (χ1v) is 17.1. The highest BCUT2D eigenvalue weighted by atomic mass is 16.1. The van der Waals surface area contributed by atoms with Gasteiger partial charge < -0.3 is 14.7 Å². The fourth-order valence-corrected chi connectivity index (χ4v) is 6.67. The molecule has 0 aliphatic rings. The van der Waals surface area contributed by atoms with E-state index in [0.717, 1.165) is 64.8 Å². The Morgan fingerprint density at radius 1 is 0.690 bits per heavy atom. The lowest BCUT2D eigenvalue weighted by Crippen LogP contribution is -2.49. The molecule has 0 heterocycles. The third-order valence-electron chi connectivity index (χ3n) is 10.7. The maximum atomic E-state index is 14.3. The van der Waals surface area contributed by atoms with E-state index in [1.165, 1.54) is 18.4 Å². The molecule has 0 aliphatic heterocycles. The van der Waals surface area contributed by atoms with Crippen LogP contribution in [0.2, 0.25) is 0 Å². The summed E-state index contributed by atoms with van der Waals surface area (Å²) < 4.78 is 0. The van der Waals surface area contributed by atoms with E-state index in [-0.39, 0.29) is 33.0 Å². The monoisotopic (exact) mass is 592 g/mol. The van der Waals surface area contributed by atoms with Crippen LogP contribution in [0.3, 0.4) is 0 Å². The molecule has 0 N–H and O–H groups in total. The Hall–Kier alpha value is -0.710. The number of hydrogen-bond donors (Lipinski definition) is 0. The standard InChI is InChI=1S/C38H77N3O/c1-18-22-31(2)38(13,35(6,7)8)30-36(9,10)37(11,12)32(29-34(3,4)5)33(42)23-19-26-41(27-20-24-39(14)15)28-21-25-40(16)17/h32H,2,18-30H2,1,3-17H3. The van der Waals surface area contributed by atoms with Crippen molar-refractivity contribution in [1.82, 2.24) is 14.7 Å². The van der Waals surface area contributed by atoms with Crippen molar-refractivity contribution in [2.45, 2.75) is 134 Å². The van der Waals surface area contributed by atoms with Crippen molar-refractivity contribution in [2.75, 3.05) is 60.9 Å². The van der Waals surface area contributed by atoms with Crippen molar-refractivity contribution in [2.24, 2.45) is 33.0 Å². The van der Waals surface area contributed by atoms with E-state index in [1.807, 2.05) is 0 Å². The fraction of sp³-hybridized carbons (Fsp3) is 0.921. The summed E-state index contributed by atoms with van der Waals surface area (Å²) >= 11 is 0. The summed E-state index contributed by atoms with van der Waals surface area (Å²) in [4.78, 5) is 21.4. The van der Waals surface area contributed by atoms with Crippen LogP contribution in [-0.2, 0) is 4.79 Å². The molecule has 0 saturated carbocycles. The lowest BCUT2D eigenvalue weighted by Gasteiger charge is -2.55. The Morgan fingerprint density at radius 2 is 1.14 bits per heavy atom. The zero-order chi connectivity index (χ0) is 33.2. The van der Waals surface area contributed by atoms with Gasteiger partial charge in [-0.05, 0) is 127 Å². The van der Waals surface area contributed by atoms with Crippen LogP contribution in [0.5, 0.6) is 0 Å². The first kappa shape index (κ1) is 41.3. The van der Waals surface area contributed by atoms with E-state index in [1.54, 1.807) is 0 Å². The molecule has 42 heavy (non-hydrogen) atoms. The minimum absolute atomic E-state index is 0.00126. The summed E-state index contributed by atoms with van der Waals surface area (Å²) in [6, 6.07) is 0. The molecule has 0 saturated heterocycles. The molecular formula is C38H77N3O. The SMILES string of the molecule is C=C(CCC)C(C)(CC(C)(C)C(C)(C)C(CC(C)(C)C)C(=O)CCCN(CCCN(C)C)CCCN(C)C)C(C)(C)C. The van der Waals surface area contributed by atoms with Gasteiger partial charge in [0.25, 0.3) is 0 Å². The van der Waals surface area contributed by atoms with Crippen LogP contribution in [0, 0.1) is 33.0 Å². The average Bonchev–Trinajstić information content (AvgIpc) is 2.80. The second-order valence-electron chi connectivity index (χ2n) is 17.8. The molecule has 0 radical (unpaired) electrons. The van der Waals surface area contributed by atoms with E-state index in [0.29, 0.717) is 12.2 Å². The molecule has 0 rings (SSSR count). The fourth-order valence-electron chi connectivity index (χ4n) is 6.67. The predicted octanol–water partition coefficient (Wildman–Crippen LogP) is 9.44. The molecule has 0 amide bonds. The van der Waals surface area contributed by atoms with Crippen molar-refractivity contribution in [1.29, 1.82) is 0 Å². The van der Waals surface area contributed by atoms with Crippen LogP contribution < -0.4 is 0 Å². The molecule has 0 fully saturated rings.